The fraction of sp³-hybridized carbons (Fsp3) is 0.227. The Morgan fingerprint density at radius 2 is 2.03 bits per heavy atom. The minimum absolute atomic E-state index is 0.00829. The number of H-pyrrole nitrogens is 2. The van der Waals surface area contributed by atoms with Crippen LogP contribution in [-0.2, 0) is 0 Å². The SMILES string of the molecule is CN[C@@H]1CCN(C(=O)c2ccc3c(N)c(-c4nc5ccccc5[nH]c4=O)[nH]c3c2)C1. The van der Waals surface area contributed by atoms with Crippen LogP contribution in [0.2, 0.25) is 0 Å². The first-order valence-electron chi connectivity index (χ1n) is 9.92. The topological polar surface area (TPSA) is 120 Å². The number of carbonyl (C=O) groups is 1. The highest BCUT2D eigenvalue weighted by atomic mass is 16.2. The molecule has 0 aliphatic carbocycles. The summed E-state index contributed by atoms with van der Waals surface area (Å²) >= 11 is 0. The van der Waals surface area contributed by atoms with Gasteiger partial charge in [0.2, 0.25) is 0 Å². The number of nitrogens with two attached hydrogens (primary N) is 1. The van der Waals surface area contributed by atoms with Crippen molar-refractivity contribution < 1.29 is 4.79 Å². The number of aromatic nitrogens is 3. The largest absolute Gasteiger partial charge is 0.396 e. The van der Waals surface area contributed by atoms with E-state index in [0.717, 1.165) is 18.4 Å². The molecule has 1 saturated heterocycles. The number of para-hydroxylation sites is 2. The maximum atomic E-state index is 12.9. The molecule has 5 N–H and O–H groups in total. The Morgan fingerprint density at radius 1 is 1.20 bits per heavy atom. The van der Waals surface area contributed by atoms with Crippen LogP contribution in [-0.4, -0.2) is 51.9 Å². The number of rotatable bonds is 3. The quantitative estimate of drug-likeness (QED) is 0.418. The van der Waals surface area contributed by atoms with Gasteiger partial charge in [-0.05, 0) is 43.8 Å². The molecule has 0 spiro atoms. The Labute approximate surface area is 172 Å². The van der Waals surface area contributed by atoms with E-state index in [1.54, 1.807) is 18.2 Å². The highest BCUT2D eigenvalue weighted by Crippen LogP contribution is 2.31. The number of carbonyl (C=O) groups excluding carboxylic acids is 1. The zero-order chi connectivity index (χ0) is 20.8. The zero-order valence-electron chi connectivity index (χ0n) is 16.5. The second-order valence-corrected chi connectivity index (χ2v) is 7.63. The van der Waals surface area contributed by atoms with Crippen molar-refractivity contribution in [1.29, 1.82) is 0 Å². The summed E-state index contributed by atoms with van der Waals surface area (Å²) in [4.78, 5) is 37.9. The minimum Gasteiger partial charge on any atom is -0.396 e. The van der Waals surface area contributed by atoms with Crippen LogP contribution in [0.5, 0.6) is 0 Å². The molecule has 0 radical (unpaired) electrons. The number of hydrogen-bond acceptors (Lipinski definition) is 5. The Balaban J connectivity index is 1.56. The van der Waals surface area contributed by atoms with Gasteiger partial charge in [0.1, 0.15) is 0 Å². The van der Waals surface area contributed by atoms with Gasteiger partial charge in [-0.1, -0.05) is 12.1 Å². The molecule has 8 nitrogen and oxygen atoms in total. The van der Waals surface area contributed by atoms with Crippen LogP contribution >= 0.6 is 0 Å². The molecular formula is C22H22N6O2. The third-order valence-electron chi connectivity index (χ3n) is 5.81. The fourth-order valence-electron chi connectivity index (χ4n) is 4.10. The van der Waals surface area contributed by atoms with E-state index in [0.29, 0.717) is 46.1 Å². The lowest BCUT2D eigenvalue weighted by molar-refractivity contribution is 0.0790. The molecule has 0 bridgehead atoms. The van der Waals surface area contributed by atoms with Crippen LogP contribution in [0.25, 0.3) is 33.3 Å². The molecule has 0 unspecified atom stereocenters. The highest BCUT2D eigenvalue weighted by Gasteiger charge is 2.26. The van der Waals surface area contributed by atoms with Gasteiger partial charge < -0.3 is 25.9 Å². The number of hydrogen-bond donors (Lipinski definition) is 4. The molecular weight excluding hydrogens is 380 g/mol. The number of nitrogens with one attached hydrogen (secondary N) is 3. The number of amides is 1. The summed E-state index contributed by atoms with van der Waals surface area (Å²) in [6.07, 6.45) is 0.945. The minimum atomic E-state index is -0.321. The Morgan fingerprint density at radius 3 is 2.83 bits per heavy atom. The van der Waals surface area contributed by atoms with Gasteiger partial charge in [0.15, 0.2) is 5.69 Å². The van der Waals surface area contributed by atoms with Gasteiger partial charge in [-0.2, -0.15) is 0 Å². The van der Waals surface area contributed by atoms with E-state index in [1.165, 1.54) is 0 Å². The number of benzene rings is 2. The summed E-state index contributed by atoms with van der Waals surface area (Å²) in [5.41, 5.74) is 9.78. The lowest BCUT2D eigenvalue weighted by atomic mass is 10.1. The van der Waals surface area contributed by atoms with Crippen LogP contribution in [0, 0.1) is 0 Å². The molecule has 4 aromatic rings. The van der Waals surface area contributed by atoms with Gasteiger partial charge in [0.05, 0.1) is 22.4 Å². The Bertz CT molecular complexity index is 1340. The lowest BCUT2D eigenvalue weighted by Crippen LogP contribution is -2.33. The average Bonchev–Trinajstić information content (AvgIpc) is 3.37. The van der Waals surface area contributed by atoms with E-state index in [-0.39, 0.29) is 17.2 Å². The normalized spacial score (nSPS) is 16.6. The van der Waals surface area contributed by atoms with Crippen LogP contribution in [0.4, 0.5) is 5.69 Å². The second-order valence-electron chi connectivity index (χ2n) is 7.63. The van der Waals surface area contributed by atoms with Gasteiger partial charge in [-0.15, -0.1) is 0 Å². The van der Waals surface area contributed by atoms with Crippen molar-refractivity contribution in [2.24, 2.45) is 0 Å². The van der Waals surface area contributed by atoms with Crippen molar-refractivity contribution in [3.63, 3.8) is 0 Å². The molecule has 1 atom stereocenters. The smallest absolute Gasteiger partial charge is 0.276 e. The van der Waals surface area contributed by atoms with Crippen LogP contribution < -0.4 is 16.6 Å². The lowest BCUT2D eigenvalue weighted by Gasteiger charge is -2.16. The molecule has 1 amide bonds. The molecule has 1 aliphatic heterocycles. The summed E-state index contributed by atoms with van der Waals surface area (Å²) in [5, 5.41) is 3.98. The standard InChI is InChI=1S/C22H22N6O2/c1-24-13-8-9-28(11-13)22(30)12-6-7-14-17(10-12)26-19(18(14)23)20-21(29)27-16-5-3-2-4-15(16)25-20/h2-7,10,13,24,26H,8-9,11,23H2,1H3,(H,27,29)/t13-/m1/s1. The Kier molecular flexibility index (Phi) is 4.29. The number of likely N-dealkylation sites (tertiary alicyclic amines) is 1. The molecule has 1 fully saturated rings. The van der Waals surface area contributed by atoms with E-state index in [1.807, 2.05) is 36.2 Å². The third kappa shape index (κ3) is 2.93. The number of anilines is 1. The first kappa shape index (κ1) is 18.4. The molecule has 5 rings (SSSR count). The van der Waals surface area contributed by atoms with Gasteiger partial charge in [-0.25, -0.2) is 4.98 Å². The van der Waals surface area contributed by atoms with Crippen molar-refractivity contribution in [2.45, 2.75) is 12.5 Å². The summed E-state index contributed by atoms with van der Waals surface area (Å²) in [5.74, 6) is -0.00829. The number of nitrogens with zero attached hydrogens (tertiary/aromatic N) is 2. The van der Waals surface area contributed by atoms with Crippen LogP contribution in [0.1, 0.15) is 16.8 Å². The summed E-state index contributed by atoms with van der Waals surface area (Å²) in [6, 6.07) is 13.1. The van der Waals surface area contributed by atoms with Crippen LogP contribution in [0.15, 0.2) is 47.3 Å². The van der Waals surface area contributed by atoms with E-state index >= 15 is 0 Å². The Hall–Kier alpha value is -3.65. The predicted molar refractivity (Wildman–Crippen MR) is 117 cm³/mol. The molecule has 152 valence electrons. The molecule has 2 aromatic heterocycles. The first-order chi connectivity index (χ1) is 14.5. The monoisotopic (exact) mass is 402 g/mol. The predicted octanol–water partition coefficient (Wildman–Crippen LogP) is 2.09. The number of fused-ring (bicyclic) bond motifs is 2. The van der Waals surface area contributed by atoms with E-state index in [2.05, 4.69) is 20.3 Å². The zero-order valence-corrected chi connectivity index (χ0v) is 16.5. The second kappa shape index (κ2) is 7.00. The van der Waals surface area contributed by atoms with Gasteiger partial charge in [0, 0.05) is 35.6 Å². The van der Waals surface area contributed by atoms with Crippen molar-refractivity contribution in [2.75, 3.05) is 25.9 Å². The van der Waals surface area contributed by atoms with E-state index in [9.17, 15) is 9.59 Å². The third-order valence-corrected chi connectivity index (χ3v) is 5.81. The van der Waals surface area contributed by atoms with E-state index < -0.39 is 0 Å². The average molecular weight is 402 g/mol. The molecule has 8 heteroatoms. The van der Waals surface area contributed by atoms with Gasteiger partial charge in [0.25, 0.3) is 11.5 Å². The van der Waals surface area contributed by atoms with Crippen molar-refractivity contribution in [1.82, 2.24) is 25.2 Å². The summed E-state index contributed by atoms with van der Waals surface area (Å²) in [7, 11) is 1.91. The molecule has 0 saturated carbocycles. The number of aromatic amines is 2. The van der Waals surface area contributed by atoms with E-state index in [4.69, 9.17) is 5.73 Å². The first-order valence-corrected chi connectivity index (χ1v) is 9.92. The van der Waals surface area contributed by atoms with Gasteiger partial charge in [-0.3, -0.25) is 9.59 Å². The maximum Gasteiger partial charge on any atom is 0.276 e. The van der Waals surface area contributed by atoms with Gasteiger partial charge >= 0.3 is 0 Å². The van der Waals surface area contributed by atoms with Crippen molar-refractivity contribution in [3.8, 4) is 11.4 Å². The maximum absolute atomic E-state index is 12.9. The molecule has 2 aromatic carbocycles. The summed E-state index contributed by atoms with van der Waals surface area (Å²) in [6.45, 7) is 1.43. The fourth-order valence-corrected chi connectivity index (χ4v) is 4.10. The molecule has 30 heavy (non-hydrogen) atoms. The van der Waals surface area contributed by atoms with Crippen LogP contribution in [0.3, 0.4) is 0 Å². The highest BCUT2D eigenvalue weighted by molar-refractivity contribution is 6.04. The van der Waals surface area contributed by atoms with Crippen molar-refractivity contribution in [3.05, 3.63) is 58.4 Å². The molecule has 3 heterocycles. The summed E-state index contributed by atoms with van der Waals surface area (Å²) < 4.78 is 0. The number of likely N-dealkylation sites (N-methyl/N-ethyl adjacent to an activating group) is 1. The number of nitrogen functional groups attached to an aromatic ring is 1. The molecule has 1 aliphatic rings. The van der Waals surface area contributed by atoms with Crippen molar-refractivity contribution >= 4 is 33.5 Å².